The van der Waals surface area contributed by atoms with Gasteiger partial charge in [0.1, 0.15) is 0 Å². The molecule has 2 aromatic rings. The van der Waals surface area contributed by atoms with Gasteiger partial charge in [0.05, 0.1) is 11.2 Å². The predicted molar refractivity (Wildman–Crippen MR) is 116 cm³/mol. The van der Waals surface area contributed by atoms with Crippen molar-refractivity contribution in [2.75, 3.05) is 0 Å². The fraction of sp³-hybridized carbons (Fsp3) is 0.333. The van der Waals surface area contributed by atoms with Crippen molar-refractivity contribution >= 4 is 18.2 Å². The second-order valence-electron chi connectivity index (χ2n) is 8.17. The van der Waals surface area contributed by atoms with Crippen LogP contribution in [0.2, 0.25) is 0 Å². The van der Waals surface area contributed by atoms with Crippen molar-refractivity contribution in [3.8, 4) is 11.1 Å². The maximum Gasteiger partial charge on any atom is 0.494 e. The molecule has 0 aromatic heterocycles. The predicted octanol–water partition coefficient (Wildman–Crippen LogP) is 5.63. The lowest BCUT2D eigenvalue weighted by Crippen LogP contribution is -2.41. The molecule has 0 amide bonds. The minimum absolute atomic E-state index is 0.351. The number of hydrogen-bond acceptors (Lipinski definition) is 2. The summed E-state index contributed by atoms with van der Waals surface area (Å²) in [6, 6.07) is 17.1. The third kappa shape index (κ3) is 4.10. The highest BCUT2D eigenvalue weighted by molar-refractivity contribution is 6.62. The first kappa shape index (κ1) is 19.7. The Hall–Kier alpha value is -2.10. The Morgan fingerprint density at radius 3 is 2.11 bits per heavy atom. The molecule has 1 heterocycles. The monoisotopic (exact) mass is 360 g/mol. The second kappa shape index (κ2) is 7.50. The zero-order valence-corrected chi connectivity index (χ0v) is 17.2. The Morgan fingerprint density at radius 2 is 1.52 bits per heavy atom. The number of rotatable bonds is 4. The van der Waals surface area contributed by atoms with E-state index >= 15 is 0 Å². The fourth-order valence-electron chi connectivity index (χ4n) is 3.13. The standard InChI is InChI=1S/C24H29BO2/c1-7-8-12-18(2)20-15-21(19-13-10-9-11-14-19)17-22(16-20)25-26-23(3,4)24(5,6)27-25/h7-17H,1-6H3/b8-7-,18-12+. The van der Waals surface area contributed by atoms with Crippen LogP contribution >= 0.6 is 0 Å². The van der Waals surface area contributed by atoms with Crippen molar-refractivity contribution in [2.45, 2.75) is 52.7 Å². The summed E-state index contributed by atoms with van der Waals surface area (Å²) in [4.78, 5) is 0. The summed E-state index contributed by atoms with van der Waals surface area (Å²) < 4.78 is 12.6. The smallest absolute Gasteiger partial charge is 0.399 e. The van der Waals surface area contributed by atoms with Crippen LogP contribution in [0.3, 0.4) is 0 Å². The zero-order chi connectivity index (χ0) is 19.7. The highest BCUT2D eigenvalue weighted by Crippen LogP contribution is 2.37. The molecule has 1 aliphatic heterocycles. The van der Waals surface area contributed by atoms with Crippen LogP contribution in [-0.2, 0) is 9.31 Å². The van der Waals surface area contributed by atoms with E-state index in [1.807, 2.05) is 19.1 Å². The Kier molecular flexibility index (Phi) is 5.46. The first-order chi connectivity index (χ1) is 12.7. The molecule has 0 bridgehead atoms. The van der Waals surface area contributed by atoms with E-state index in [9.17, 15) is 0 Å². The van der Waals surface area contributed by atoms with Gasteiger partial charge in [0.25, 0.3) is 0 Å². The second-order valence-corrected chi connectivity index (χ2v) is 8.17. The molecule has 1 saturated heterocycles. The third-order valence-corrected chi connectivity index (χ3v) is 5.58. The van der Waals surface area contributed by atoms with Crippen molar-refractivity contribution < 1.29 is 9.31 Å². The molecular weight excluding hydrogens is 331 g/mol. The van der Waals surface area contributed by atoms with Crippen LogP contribution in [0.4, 0.5) is 0 Å². The van der Waals surface area contributed by atoms with Crippen LogP contribution in [0.25, 0.3) is 16.7 Å². The molecule has 0 radical (unpaired) electrons. The van der Waals surface area contributed by atoms with Crippen LogP contribution in [-0.4, -0.2) is 18.3 Å². The van der Waals surface area contributed by atoms with Gasteiger partial charge in [-0.3, -0.25) is 0 Å². The van der Waals surface area contributed by atoms with E-state index in [-0.39, 0.29) is 18.3 Å². The van der Waals surface area contributed by atoms with E-state index in [2.05, 4.69) is 89.2 Å². The highest BCUT2D eigenvalue weighted by Gasteiger charge is 2.51. The lowest BCUT2D eigenvalue weighted by molar-refractivity contribution is 0.00578. The van der Waals surface area contributed by atoms with E-state index in [1.165, 1.54) is 22.3 Å². The summed E-state index contributed by atoms with van der Waals surface area (Å²) >= 11 is 0. The molecule has 1 fully saturated rings. The van der Waals surface area contributed by atoms with Gasteiger partial charge in [0.15, 0.2) is 0 Å². The normalized spacial score (nSPS) is 19.0. The van der Waals surface area contributed by atoms with Crippen molar-refractivity contribution in [1.82, 2.24) is 0 Å². The van der Waals surface area contributed by atoms with Gasteiger partial charge in [-0.1, -0.05) is 60.7 Å². The third-order valence-electron chi connectivity index (χ3n) is 5.58. The topological polar surface area (TPSA) is 18.5 Å². The molecule has 0 unspecified atom stereocenters. The van der Waals surface area contributed by atoms with Gasteiger partial charge < -0.3 is 9.31 Å². The van der Waals surface area contributed by atoms with Gasteiger partial charge in [0.2, 0.25) is 0 Å². The quantitative estimate of drug-likeness (QED) is 0.519. The molecule has 0 atom stereocenters. The maximum atomic E-state index is 6.30. The Bertz CT molecular complexity index is 847. The van der Waals surface area contributed by atoms with Crippen molar-refractivity contribution in [2.24, 2.45) is 0 Å². The maximum absolute atomic E-state index is 6.30. The molecule has 3 rings (SSSR count). The van der Waals surface area contributed by atoms with Crippen molar-refractivity contribution in [1.29, 1.82) is 0 Å². The van der Waals surface area contributed by atoms with Gasteiger partial charge >= 0.3 is 7.12 Å². The van der Waals surface area contributed by atoms with E-state index in [1.54, 1.807) is 0 Å². The van der Waals surface area contributed by atoms with Crippen LogP contribution in [0, 0.1) is 0 Å². The van der Waals surface area contributed by atoms with Gasteiger partial charge in [-0.05, 0) is 75.3 Å². The van der Waals surface area contributed by atoms with Crippen LogP contribution < -0.4 is 5.46 Å². The largest absolute Gasteiger partial charge is 0.494 e. The SMILES string of the molecule is C/C=C\C=C(/C)c1cc(B2OC(C)(C)C(C)(C)O2)cc(-c2ccccc2)c1. The molecular formula is C24H29BO2. The summed E-state index contributed by atoms with van der Waals surface area (Å²) in [7, 11) is -0.369. The number of hydrogen-bond donors (Lipinski definition) is 0. The molecule has 27 heavy (non-hydrogen) atoms. The summed E-state index contributed by atoms with van der Waals surface area (Å²) in [5, 5.41) is 0. The summed E-state index contributed by atoms with van der Waals surface area (Å²) in [5.41, 5.74) is 5.11. The average Bonchev–Trinajstić information content (AvgIpc) is 2.87. The molecule has 3 heteroatoms. The first-order valence-electron chi connectivity index (χ1n) is 9.59. The summed E-state index contributed by atoms with van der Waals surface area (Å²) in [6.45, 7) is 12.5. The van der Waals surface area contributed by atoms with E-state index in [0.717, 1.165) is 5.46 Å². The molecule has 0 saturated carbocycles. The van der Waals surface area contributed by atoms with Crippen LogP contribution in [0.1, 0.15) is 47.1 Å². The summed E-state index contributed by atoms with van der Waals surface area (Å²) in [5.74, 6) is 0. The summed E-state index contributed by atoms with van der Waals surface area (Å²) in [6.07, 6.45) is 6.25. The first-order valence-corrected chi connectivity index (χ1v) is 9.59. The lowest BCUT2D eigenvalue weighted by atomic mass is 9.76. The van der Waals surface area contributed by atoms with Gasteiger partial charge in [-0.2, -0.15) is 0 Å². The minimum atomic E-state index is -0.369. The van der Waals surface area contributed by atoms with Crippen molar-refractivity contribution in [3.05, 3.63) is 72.3 Å². The highest BCUT2D eigenvalue weighted by atomic mass is 16.7. The zero-order valence-electron chi connectivity index (χ0n) is 17.2. The van der Waals surface area contributed by atoms with Gasteiger partial charge in [-0.15, -0.1) is 0 Å². The number of benzene rings is 2. The van der Waals surface area contributed by atoms with Gasteiger partial charge in [0, 0.05) is 0 Å². The molecule has 140 valence electrons. The van der Waals surface area contributed by atoms with E-state index in [0.29, 0.717) is 0 Å². The fourth-order valence-corrected chi connectivity index (χ4v) is 3.13. The Balaban J connectivity index is 2.09. The lowest BCUT2D eigenvalue weighted by Gasteiger charge is -2.32. The molecule has 1 aliphatic rings. The van der Waals surface area contributed by atoms with Gasteiger partial charge in [-0.25, -0.2) is 0 Å². The van der Waals surface area contributed by atoms with E-state index < -0.39 is 0 Å². The molecule has 0 spiro atoms. The van der Waals surface area contributed by atoms with Crippen LogP contribution in [0.15, 0.2) is 66.8 Å². The molecule has 0 N–H and O–H groups in total. The molecule has 2 aromatic carbocycles. The average molecular weight is 360 g/mol. The Morgan fingerprint density at radius 1 is 0.889 bits per heavy atom. The molecule has 2 nitrogen and oxygen atoms in total. The van der Waals surface area contributed by atoms with Crippen LogP contribution in [0.5, 0.6) is 0 Å². The van der Waals surface area contributed by atoms with E-state index in [4.69, 9.17) is 9.31 Å². The minimum Gasteiger partial charge on any atom is -0.399 e. The van der Waals surface area contributed by atoms with Crippen molar-refractivity contribution in [3.63, 3.8) is 0 Å². The number of allylic oxidation sites excluding steroid dienone is 4. The molecule has 0 aliphatic carbocycles. The Labute approximate surface area is 164 Å².